The number of esters is 1. The van der Waals surface area contributed by atoms with E-state index in [9.17, 15) is 13.2 Å². The van der Waals surface area contributed by atoms with Crippen LogP contribution in [-0.4, -0.2) is 21.5 Å². The molecule has 21 heavy (non-hydrogen) atoms. The van der Waals surface area contributed by atoms with Gasteiger partial charge < -0.3 is 4.74 Å². The Labute approximate surface area is 135 Å². The van der Waals surface area contributed by atoms with Crippen molar-refractivity contribution in [2.24, 2.45) is 0 Å². The minimum Gasteiger partial charge on any atom is -0.465 e. The number of ether oxygens (including phenoxy) is 1. The smallest absolute Gasteiger partial charge is 0.339 e. The van der Waals surface area contributed by atoms with E-state index in [0.717, 1.165) is 0 Å². The molecule has 0 amide bonds. The third kappa shape index (κ3) is 3.28. The molecule has 7 heteroatoms. The Morgan fingerprint density at radius 3 is 2.52 bits per heavy atom. The highest BCUT2D eigenvalue weighted by molar-refractivity contribution is 9.10. The van der Waals surface area contributed by atoms with Crippen LogP contribution in [0.1, 0.15) is 10.4 Å². The SMILES string of the molecule is COC(=O)c1cc(Br)ccc1S(=O)(=O)c1cccc(Cl)c1. The standard InChI is InChI=1S/C14H10BrClO4S/c1-20-14(17)12-7-9(15)5-6-13(12)21(18,19)11-4-2-3-10(16)8-11/h2-8H,1H3. The molecule has 0 heterocycles. The molecule has 2 aromatic carbocycles. The third-order valence-corrected chi connectivity index (χ3v) is 5.28. The summed E-state index contributed by atoms with van der Waals surface area (Å²) in [6.07, 6.45) is 0. The van der Waals surface area contributed by atoms with Gasteiger partial charge in [0, 0.05) is 9.50 Å². The first-order valence-corrected chi connectivity index (χ1v) is 8.40. The number of carbonyl (C=O) groups excluding carboxylic acids is 1. The fraction of sp³-hybridized carbons (Fsp3) is 0.0714. The molecule has 0 N–H and O–H groups in total. The fourth-order valence-electron chi connectivity index (χ4n) is 1.77. The van der Waals surface area contributed by atoms with Gasteiger partial charge in [-0.05, 0) is 36.4 Å². The van der Waals surface area contributed by atoms with E-state index in [1.165, 1.54) is 37.4 Å². The topological polar surface area (TPSA) is 60.4 Å². The summed E-state index contributed by atoms with van der Waals surface area (Å²) in [5, 5.41) is 0.299. The highest BCUT2D eigenvalue weighted by Gasteiger charge is 2.25. The minimum atomic E-state index is -3.87. The van der Waals surface area contributed by atoms with Crippen LogP contribution in [0.15, 0.2) is 56.7 Å². The van der Waals surface area contributed by atoms with Crippen LogP contribution in [-0.2, 0) is 14.6 Å². The summed E-state index contributed by atoms with van der Waals surface area (Å²) in [5.41, 5.74) is -0.0353. The van der Waals surface area contributed by atoms with Gasteiger partial charge >= 0.3 is 5.97 Å². The molecule has 0 saturated carbocycles. The summed E-state index contributed by atoms with van der Waals surface area (Å²) in [4.78, 5) is 11.7. The van der Waals surface area contributed by atoms with Crippen LogP contribution in [0.2, 0.25) is 5.02 Å². The molecule has 2 rings (SSSR count). The normalized spacial score (nSPS) is 11.2. The number of halogens is 2. The zero-order valence-corrected chi connectivity index (χ0v) is 14.0. The van der Waals surface area contributed by atoms with Gasteiger partial charge in [-0.1, -0.05) is 33.6 Å². The second kappa shape index (κ2) is 6.17. The summed E-state index contributed by atoms with van der Waals surface area (Å²) in [6.45, 7) is 0. The molecular weight excluding hydrogens is 380 g/mol. The van der Waals surface area contributed by atoms with E-state index >= 15 is 0 Å². The second-order valence-corrected chi connectivity index (χ2v) is 7.36. The lowest BCUT2D eigenvalue weighted by atomic mass is 10.2. The number of hydrogen-bond acceptors (Lipinski definition) is 4. The zero-order chi connectivity index (χ0) is 15.6. The van der Waals surface area contributed by atoms with Gasteiger partial charge in [0.1, 0.15) is 0 Å². The molecular formula is C14H10BrClO4S. The van der Waals surface area contributed by atoms with Crippen molar-refractivity contribution in [3.8, 4) is 0 Å². The average molecular weight is 390 g/mol. The predicted octanol–water partition coefficient (Wildman–Crippen LogP) is 3.72. The lowest BCUT2D eigenvalue weighted by Gasteiger charge is -2.10. The van der Waals surface area contributed by atoms with Crippen LogP contribution in [0.4, 0.5) is 0 Å². The Balaban J connectivity index is 2.68. The Morgan fingerprint density at radius 1 is 1.19 bits per heavy atom. The van der Waals surface area contributed by atoms with Crippen LogP contribution in [0.5, 0.6) is 0 Å². The van der Waals surface area contributed by atoms with Crippen molar-refractivity contribution in [3.63, 3.8) is 0 Å². The third-order valence-electron chi connectivity index (χ3n) is 2.74. The van der Waals surface area contributed by atoms with E-state index in [4.69, 9.17) is 11.6 Å². The van der Waals surface area contributed by atoms with E-state index in [2.05, 4.69) is 20.7 Å². The van der Waals surface area contributed by atoms with E-state index < -0.39 is 15.8 Å². The molecule has 0 spiro atoms. The molecule has 0 atom stereocenters. The average Bonchev–Trinajstić information content (AvgIpc) is 2.46. The molecule has 0 fully saturated rings. The molecule has 4 nitrogen and oxygen atoms in total. The van der Waals surface area contributed by atoms with Crippen LogP contribution in [0.25, 0.3) is 0 Å². The number of carbonyl (C=O) groups is 1. The lowest BCUT2D eigenvalue weighted by molar-refractivity contribution is 0.0596. The highest BCUT2D eigenvalue weighted by Crippen LogP contribution is 2.28. The number of sulfone groups is 1. The predicted molar refractivity (Wildman–Crippen MR) is 82.4 cm³/mol. The largest absolute Gasteiger partial charge is 0.465 e. The van der Waals surface area contributed by atoms with Gasteiger partial charge in [0.05, 0.1) is 22.5 Å². The Bertz CT molecular complexity index is 802. The number of rotatable bonds is 3. The fourth-order valence-corrected chi connectivity index (χ4v) is 3.86. The van der Waals surface area contributed by atoms with E-state index in [0.29, 0.717) is 9.50 Å². The van der Waals surface area contributed by atoms with Gasteiger partial charge in [0.15, 0.2) is 0 Å². The van der Waals surface area contributed by atoms with Gasteiger partial charge in [-0.3, -0.25) is 0 Å². The summed E-state index contributed by atoms with van der Waals surface area (Å²) in [5.74, 6) is -0.725. The molecule has 2 aromatic rings. The number of hydrogen-bond donors (Lipinski definition) is 0. The molecule has 0 radical (unpaired) electrons. The molecule has 0 aliphatic heterocycles. The van der Waals surface area contributed by atoms with Crippen molar-refractivity contribution < 1.29 is 17.9 Å². The van der Waals surface area contributed by atoms with E-state index in [-0.39, 0.29) is 15.4 Å². The first kappa shape index (κ1) is 16.0. The molecule has 0 aliphatic rings. The minimum absolute atomic E-state index is 0.0162. The van der Waals surface area contributed by atoms with Gasteiger partial charge in [0.2, 0.25) is 9.84 Å². The Hall–Kier alpha value is -1.37. The molecule has 0 bridgehead atoms. The van der Waals surface area contributed by atoms with Crippen molar-refractivity contribution >= 4 is 43.3 Å². The van der Waals surface area contributed by atoms with Crippen LogP contribution >= 0.6 is 27.5 Å². The highest BCUT2D eigenvalue weighted by atomic mass is 79.9. The second-order valence-electron chi connectivity index (χ2n) is 4.09. The summed E-state index contributed by atoms with van der Waals surface area (Å²) in [6, 6.07) is 10.2. The number of benzene rings is 2. The summed E-state index contributed by atoms with van der Waals surface area (Å²) >= 11 is 9.03. The van der Waals surface area contributed by atoms with Crippen LogP contribution in [0.3, 0.4) is 0 Å². The first-order chi connectivity index (χ1) is 9.86. The van der Waals surface area contributed by atoms with Crippen molar-refractivity contribution in [3.05, 3.63) is 57.5 Å². The van der Waals surface area contributed by atoms with Crippen molar-refractivity contribution in [2.45, 2.75) is 9.79 Å². The molecule has 0 saturated heterocycles. The number of methoxy groups -OCH3 is 1. The lowest BCUT2D eigenvalue weighted by Crippen LogP contribution is -2.11. The van der Waals surface area contributed by atoms with Crippen molar-refractivity contribution in [1.29, 1.82) is 0 Å². The quantitative estimate of drug-likeness (QED) is 0.751. The maximum Gasteiger partial charge on any atom is 0.339 e. The zero-order valence-electron chi connectivity index (χ0n) is 10.8. The van der Waals surface area contributed by atoms with E-state index in [1.807, 2.05) is 0 Å². The maximum atomic E-state index is 12.7. The van der Waals surface area contributed by atoms with Crippen LogP contribution in [0, 0.1) is 0 Å². The van der Waals surface area contributed by atoms with Gasteiger partial charge in [-0.25, -0.2) is 13.2 Å². The molecule has 0 unspecified atom stereocenters. The van der Waals surface area contributed by atoms with Gasteiger partial charge in [0.25, 0.3) is 0 Å². The monoisotopic (exact) mass is 388 g/mol. The van der Waals surface area contributed by atoms with E-state index in [1.54, 1.807) is 12.1 Å². The Morgan fingerprint density at radius 2 is 1.90 bits per heavy atom. The first-order valence-electron chi connectivity index (χ1n) is 5.75. The van der Waals surface area contributed by atoms with Crippen LogP contribution < -0.4 is 0 Å². The summed E-state index contributed by atoms with van der Waals surface area (Å²) in [7, 11) is -2.68. The van der Waals surface area contributed by atoms with Gasteiger partial charge in [-0.2, -0.15) is 0 Å². The van der Waals surface area contributed by atoms with Crippen molar-refractivity contribution in [2.75, 3.05) is 7.11 Å². The summed E-state index contributed by atoms with van der Waals surface area (Å²) < 4.78 is 30.5. The van der Waals surface area contributed by atoms with Crippen molar-refractivity contribution in [1.82, 2.24) is 0 Å². The molecule has 0 aliphatic carbocycles. The Kier molecular flexibility index (Phi) is 4.70. The maximum absolute atomic E-state index is 12.7. The van der Waals surface area contributed by atoms with Gasteiger partial charge in [-0.15, -0.1) is 0 Å². The molecule has 0 aromatic heterocycles. The molecule has 110 valence electrons.